The van der Waals surface area contributed by atoms with Crippen LogP contribution in [0.4, 0.5) is 0 Å². The van der Waals surface area contributed by atoms with Crippen LogP contribution in [0.5, 0.6) is 0 Å². The van der Waals surface area contributed by atoms with E-state index >= 15 is 0 Å². The number of carbonyl (C=O) groups is 2. The first kappa shape index (κ1) is 17.0. The molecular weight excluding hydrogens is 314 g/mol. The Bertz CT molecular complexity index is 657. The third-order valence-electron chi connectivity index (χ3n) is 2.74. The summed E-state index contributed by atoms with van der Waals surface area (Å²) in [6.07, 6.45) is 0. The Hall–Kier alpha value is -2.35. The normalized spacial score (nSPS) is 10.6. The van der Waals surface area contributed by atoms with Crippen molar-refractivity contribution >= 4 is 23.6 Å². The Kier molecular flexibility index (Phi) is 6.16. The van der Waals surface area contributed by atoms with E-state index < -0.39 is 0 Å². The van der Waals surface area contributed by atoms with Gasteiger partial charge in [-0.25, -0.2) is 4.98 Å². The number of benzene rings is 1. The molecule has 0 spiro atoms. The van der Waals surface area contributed by atoms with E-state index in [-0.39, 0.29) is 30.2 Å². The van der Waals surface area contributed by atoms with Crippen LogP contribution in [0, 0.1) is 0 Å². The van der Waals surface area contributed by atoms with E-state index in [1.165, 1.54) is 11.8 Å². The smallest absolute Gasteiger partial charge is 0.239 e. The van der Waals surface area contributed by atoms with Crippen LogP contribution in [0.25, 0.3) is 11.4 Å². The summed E-state index contributed by atoms with van der Waals surface area (Å²) in [5.74, 6) is 0.369. The van der Waals surface area contributed by atoms with E-state index in [0.717, 1.165) is 5.56 Å². The highest BCUT2D eigenvalue weighted by Crippen LogP contribution is 2.18. The Morgan fingerprint density at radius 2 is 1.96 bits per heavy atom. The van der Waals surface area contributed by atoms with Gasteiger partial charge in [0.1, 0.15) is 0 Å². The van der Waals surface area contributed by atoms with Crippen LogP contribution in [-0.2, 0) is 9.59 Å². The standard InChI is InChI=1S/C15H19N5O2S/c1-10(2)17-12(21)8-16-13(22)9-23-15-18-14(19-20-15)11-6-4-3-5-7-11/h3-7,10H,8-9H2,1-2H3,(H,16,22)(H,17,21)(H,18,19,20). The summed E-state index contributed by atoms with van der Waals surface area (Å²) in [6.45, 7) is 3.70. The molecule has 23 heavy (non-hydrogen) atoms. The van der Waals surface area contributed by atoms with Gasteiger partial charge >= 0.3 is 0 Å². The summed E-state index contributed by atoms with van der Waals surface area (Å²) in [5, 5.41) is 12.7. The first-order chi connectivity index (χ1) is 11.0. The fourth-order valence-corrected chi connectivity index (χ4v) is 2.40. The van der Waals surface area contributed by atoms with Crippen molar-refractivity contribution in [2.24, 2.45) is 0 Å². The molecule has 0 radical (unpaired) electrons. The molecule has 1 heterocycles. The molecule has 0 fully saturated rings. The lowest BCUT2D eigenvalue weighted by molar-refractivity contribution is -0.125. The van der Waals surface area contributed by atoms with Crippen molar-refractivity contribution in [1.29, 1.82) is 0 Å². The van der Waals surface area contributed by atoms with E-state index in [2.05, 4.69) is 25.8 Å². The van der Waals surface area contributed by atoms with Crippen LogP contribution in [0.2, 0.25) is 0 Å². The molecule has 0 saturated carbocycles. The van der Waals surface area contributed by atoms with Gasteiger partial charge in [-0.1, -0.05) is 42.1 Å². The fraction of sp³-hybridized carbons (Fsp3) is 0.333. The second-order valence-electron chi connectivity index (χ2n) is 5.12. The molecule has 2 aromatic rings. The van der Waals surface area contributed by atoms with Crippen molar-refractivity contribution in [3.05, 3.63) is 30.3 Å². The maximum Gasteiger partial charge on any atom is 0.239 e. The van der Waals surface area contributed by atoms with E-state index in [0.29, 0.717) is 11.0 Å². The van der Waals surface area contributed by atoms with Crippen molar-refractivity contribution in [3.63, 3.8) is 0 Å². The second kappa shape index (κ2) is 8.33. The molecule has 0 unspecified atom stereocenters. The number of H-pyrrole nitrogens is 1. The Morgan fingerprint density at radius 1 is 1.22 bits per heavy atom. The predicted molar refractivity (Wildman–Crippen MR) is 88.8 cm³/mol. The molecule has 0 aliphatic rings. The number of rotatable bonds is 7. The molecule has 2 rings (SSSR count). The number of nitrogens with zero attached hydrogens (tertiary/aromatic N) is 2. The van der Waals surface area contributed by atoms with E-state index in [4.69, 9.17) is 0 Å². The van der Waals surface area contributed by atoms with Crippen LogP contribution in [-0.4, -0.2) is 45.3 Å². The van der Waals surface area contributed by atoms with Crippen LogP contribution >= 0.6 is 11.8 Å². The Labute approximate surface area is 138 Å². The highest BCUT2D eigenvalue weighted by atomic mass is 32.2. The van der Waals surface area contributed by atoms with Gasteiger partial charge in [0.05, 0.1) is 12.3 Å². The van der Waals surface area contributed by atoms with E-state index in [1.54, 1.807) is 0 Å². The molecule has 1 aromatic heterocycles. The molecule has 122 valence electrons. The molecule has 0 aliphatic carbocycles. The molecule has 0 aliphatic heterocycles. The molecule has 7 nitrogen and oxygen atoms in total. The number of carbonyl (C=O) groups excluding carboxylic acids is 2. The largest absolute Gasteiger partial charge is 0.352 e. The quantitative estimate of drug-likeness (QED) is 0.661. The maximum atomic E-state index is 11.7. The summed E-state index contributed by atoms with van der Waals surface area (Å²) in [5.41, 5.74) is 0.932. The zero-order valence-electron chi connectivity index (χ0n) is 13.0. The number of amides is 2. The van der Waals surface area contributed by atoms with Crippen LogP contribution in [0.3, 0.4) is 0 Å². The SMILES string of the molecule is CC(C)NC(=O)CNC(=O)CSc1n[nH]c(-c2ccccc2)n1. The molecule has 0 saturated heterocycles. The minimum absolute atomic E-state index is 0.0270. The summed E-state index contributed by atoms with van der Waals surface area (Å²) in [7, 11) is 0. The van der Waals surface area contributed by atoms with Gasteiger partial charge in [-0.3, -0.25) is 14.7 Å². The maximum absolute atomic E-state index is 11.7. The van der Waals surface area contributed by atoms with Crippen LogP contribution in [0.1, 0.15) is 13.8 Å². The molecular formula is C15H19N5O2S. The molecule has 0 bridgehead atoms. The number of aromatic nitrogens is 3. The molecule has 3 N–H and O–H groups in total. The van der Waals surface area contributed by atoms with Gasteiger partial charge in [-0.2, -0.15) is 0 Å². The average molecular weight is 333 g/mol. The third kappa shape index (κ3) is 5.74. The van der Waals surface area contributed by atoms with Gasteiger partial charge in [0.2, 0.25) is 17.0 Å². The van der Waals surface area contributed by atoms with Gasteiger partial charge in [-0.05, 0) is 13.8 Å². The van der Waals surface area contributed by atoms with Crippen molar-refractivity contribution in [2.45, 2.75) is 25.0 Å². The average Bonchev–Trinajstić information content (AvgIpc) is 3.00. The minimum Gasteiger partial charge on any atom is -0.352 e. The monoisotopic (exact) mass is 333 g/mol. The third-order valence-corrected chi connectivity index (χ3v) is 3.59. The van der Waals surface area contributed by atoms with E-state index in [1.807, 2.05) is 44.2 Å². The number of aromatic amines is 1. The lowest BCUT2D eigenvalue weighted by Crippen LogP contribution is -2.40. The minimum atomic E-state index is -0.236. The van der Waals surface area contributed by atoms with Crippen LogP contribution in [0.15, 0.2) is 35.5 Å². The zero-order valence-corrected chi connectivity index (χ0v) is 13.8. The number of nitrogens with one attached hydrogen (secondary N) is 3. The van der Waals surface area contributed by atoms with Gasteiger partial charge in [0.15, 0.2) is 5.82 Å². The number of thioether (sulfide) groups is 1. The van der Waals surface area contributed by atoms with Crippen LogP contribution < -0.4 is 10.6 Å². The fourth-order valence-electron chi connectivity index (χ4n) is 1.77. The predicted octanol–water partition coefficient (Wildman–Crippen LogP) is 1.20. The molecule has 2 amide bonds. The summed E-state index contributed by atoms with van der Waals surface area (Å²) in [6, 6.07) is 9.67. The lowest BCUT2D eigenvalue weighted by atomic mass is 10.2. The van der Waals surface area contributed by atoms with Crippen molar-refractivity contribution in [3.8, 4) is 11.4 Å². The lowest BCUT2D eigenvalue weighted by Gasteiger charge is -2.08. The molecule has 1 aromatic carbocycles. The van der Waals surface area contributed by atoms with Crippen molar-refractivity contribution < 1.29 is 9.59 Å². The van der Waals surface area contributed by atoms with E-state index in [9.17, 15) is 9.59 Å². The molecule has 0 atom stereocenters. The first-order valence-corrected chi connectivity index (χ1v) is 8.20. The van der Waals surface area contributed by atoms with Gasteiger partial charge in [0.25, 0.3) is 0 Å². The second-order valence-corrected chi connectivity index (χ2v) is 6.06. The highest BCUT2D eigenvalue weighted by molar-refractivity contribution is 7.99. The van der Waals surface area contributed by atoms with Gasteiger partial charge in [-0.15, -0.1) is 5.10 Å². The highest BCUT2D eigenvalue weighted by Gasteiger charge is 2.10. The van der Waals surface area contributed by atoms with Gasteiger partial charge < -0.3 is 10.6 Å². The number of hydrogen-bond donors (Lipinski definition) is 3. The summed E-state index contributed by atoms with van der Waals surface area (Å²) < 4.78 is 0. The zero-order chi connectivity index (χ0) is 16.7. The summed E-state index contributed by atoms with van der Waals surface area (Å²) >= 11 is 1.21. The van der Waals surface area contributed by atoms with Gasteiger partial charge in [0, 0.05) is 11.6 Å². The topological polar surface area (TPSA) is 99.8 Å². The Morgan fingerprint density at radius 3 is 2.65 bits per heavy atom. The van der Waals surface area contributed by atoms with Crippen molar-refractivity contribution in [2.75, 3.05) is 12.3 Å². The number of hydrogen-bond acceptors (Lipinski definition) is 5. The Balaban J connectivity index is 1.77. The summed E-state index contributed by atoms with van der Waals surface area (Å²) in [4.78, 5) is 27.5. The molecule has 8 heteroatoms. The van der Waals surface area contributed by atoms with Crippen molar-refractivity contribution in [1.82, 2.24) is 25.8 Å². The first-order valence-electron chi connectivity index (χ1n) is 7.21.